The molecule has 4 N–H and O–H groups in total. The number of Topliss-reactive ketones (excluding diaryl/α,β-unsaturated/α-hetero) is 1. The number of allylic oxidation sites excluding steroid dienone is 1. The molecule has 0 aromatic rings. The normalized spacial score (nSPS) is 43.8. The average molecular weight is 417 g/mol. The van der Waals surface area contributed by atoms with Gasteiger partial charge in [-0.1, -0.05) is 19.4 Å². The lowest BCUT2D eigenvalue weighted by atomic mass is 9.45. The number of carbonyl (C=O) groups is 3. The van der Waals surface area contributed by atoms with Crippen LogP contribution in [0.15, 0.2) is 11.6 Å². The average Bonchev–Trinajstić information content (AvgIpc) is 3.03. The topological polar surface area (TPSA) is 109 Å². The molecule has 166 valence electrons. The van der Waals surface area contributed by atoms with Crippen LogP contribution in [-0.2, 0) is 14.4 Å². The lowest BCUT2D eigenvalue weighted by Gasteiger charge is -2.61. The van der Waals surface area contributed by atoms with E-state index in [2.05, 4.69) is 19.2 Å². The molecule has 0 aliphatic heterocycles. The number of nitrogens with one attached hydrogen (secondary N) is 1. The highest BCUT2D eigenvalue weighted by Crippen LogP contribution is 2.66. The van der Waals surface area contributed by atoms with E-state index in [0.717, 1.165) is 38.5 Å². The van der Waals surface area contributed by atoms with Gasteiger partial charge in [-0.15, -0.1) is 0 Å². The molecule has 3 saturated carbocycles. The highest BCUT2D eigenvalue weighted by atomic mass is 16.4. The van der Waals surface area contributed by atoms with Crippen LogP contribution in [0.25, 0.3) is 0 Å². The lowest BCUT2D eigenvalue weighted by molar-refractivity contribution is -0.138. The molecule has 0 heterocycles. The SMILES string of the molecule is CC(=O)[C@H]1CC[C@H]2[C@@H]3CCC4=CC(=O)CC[C@]4(C)[C@H]3[C@@H](NC[C@H](N)C(=O)O)C[C@]12C. The molecule has 6 nitrogen and oxygen atoms in total. The van der Waals surface area contributed by atoms with Gasteiger partial charge < -0.3 is 16.2 Å². The van der Waals surface area contributed by atoms with Gasteiger partial charge in [0.05, 0.1) is 0 Å². The molecule has 4 aliphatic carbocycles. The second kappa shape index (κ2) is 7.56. The van der Waals surface area contributed by atoms with E-state index in [4.69, 9.17) is 5.73 Å². The zero-order valence-electron chi connectivity index (χ0n) is 18.4. The van der Waals surface area contributed by atoms with Gasteiger partial charge >= 0.3 is 5.97 Å². The minimum absolute atomic E-state index is 0.0442. The van der Waals surface area contributed by atoms with Gasteiger partial charge in [0, 0.05) is 24.9 Å². The number of hydrogen-bond acceptors (Lipinski definition) is 5. The molecule has 4 rings (SSSR count). The number of carboxylic acid groups (broad SMARTS) is 1. The molecule has 0 radical (unpaired) electrons. The minimum Gasteiger partial charge on any atom is -0.480 e. The van der Waals surface area contributed by atoms with E-state index in [1.807, 2.05) is 6.08 Å². The Morgan fingerprint density at radius 1 is 1.27 bits per heavy atom. The van der Waals surface area contributed by atoms with Gasteiger partial charge in [-0.3, -0.25) is 14.4 Å². The summed E-state index contributed by atoms with van der Waals surface area (Å²) in [5, 5.41) is 12.8. The maximum absolute atomic E-state index is 12.5. The predicted molar refractivity (Wildman–Crippen MR) is 114 cm³/mol. The number of carboxylic acids is 1. The molecular formula is C24H36N2O4. The molecule has 0 amide bonds. The molecular weight excluding hydrogens is 380 g/mol. The molecule has 0 aromatic heterocycles. The van der Waals surface area contributed by atoms with Crippen molar-refractivity contribution in [2.45, 2.75) is 77.8 Å². The Labute approximate surface area is 179 Å². The molecule has 0 bridgehead atoms. The van der Waals surface area contributed by atoms with E-state index in [0.29, 0.717) is 24.2 Å². The van der Waals surface area contributed by atoms with Crippen LogP contribution in [-0.4, -0.2) is 41.3 Å². The Balaban J connectivity index is 1.71. The summed E-state index contributed by atoms with van der Waals surface area (Å²) in [4.78, 5) is 35.9. The molecule has 30 heavy (non-hydrogen) atoms. The summed E-state index contributed by atoms with van der Waals surface area (Å²) < 4.78 is 0. The fourth-order valence-corrected chi connectivity index (χ4v) is 7.98. The first kappa shape index (κ1) is 21.7. The third kappa shape index (κ3) is 3.27. The van der Waals surface area contributed by atoms with Crippen molar-refractivity contribution < 1.29 is 19.5 Å². The van der Waals surface area contributed by atoms with E-state index < -0.39 is 12.0 Å². The molecule has 6 heteroatoms. The Hall–Kier alpha value is -1.53. The third-order valence-electron chi connectivity index (χ3n) is 9.33. The molecule has 3 fully saturated rings. The van der Waals surface area contributed by atoms with Crippen molar-refractivity contribution in [3.05, 3.63) is 11.6 Å². The smallest absolute Gasteiger partial charge is 0.321 e. The first-order valence-corrected chi connectivity index (χ1v) is 11.5. The van der Waals surface area contributed by atoms with Crippen LogP contribution in [0, 0.1) is 34.5 Å². The van der Waals surface area contributed by atoms with Crippen LogP contribution >= 0.6 is 0 Å². The number of fused-ring (bicyclic) bond motifs is 5. The third-order valence-corrected chi connectivity index (χ3v) is 9.33. The van der Waals surface area contributed by atoms with Crippen molar-refractivity contribution in [3.63, 3.8) is 0 Å². The summed E-state index contributed by atoms with van der Waals surface area (Å²) in [6, 6.07) is -0.844. The van der Waals surface area contributed by atoms with Gasteiger partial charge in [0.15, 0.2) is 5.78 Å². The summed E-state index contributed by atoms with van der Waals surface area (Å²) in [5.41, 5.74) is 7.00. The molecule has 0 spiro atoms. The second-order valence-corrected chi connectivity index (χ2v) is 10.8. The highest BCUT2D eigenvalue weighted by molar-refractivity contribution is 5.91. The standard InChI is InChI=1S/C24H36N2O4/c1-13(27)17-6-7-18-16-5-4-14-10-15(28)8-9-23(14,2)21(16)20(11-24(17,18)3)26-12-19(25)22(29)30/h10,16-21,26H,4-9,11-12,25H2,1-3H3,(H,29,30)/t16-,17+,18-,19-,20-,21+,23-,24+/m0/s1. The van der Waals surface area contributed by atoms with Crippen LogP contribution in [0.2, 0.25) is 0 Å². The summed E-state index contributed by atoms with van der Waals surface area (Å²) in [7, 11) is 0. The van der Waals surface area contributed by atoms with Crippen molar-refractivity contribution >= 4 is 17.5 Å². The van der Waals surface area contributed by atoms with E-state index in [9.17, 15) is 19.5 Å². The molecule has 0 unspecified atom stereocenters. The van der Waals surface area contributed by atoms with Gasteiger partial charge in [-0.2, -0.15) is 0 Å². The number of hydrogen-bond donors (Lipinski definition) is 3. The van der Waals surface area contributed by atoms with Crippen molar-refractivity contribution in [1.29, 1.82) is 0 Å². The Morgan fingerprint density at radius 2 is 2.00 bits per heavy atom. The van der Waals surface area contributed by atoms with Gasteiger partial charge in [0.1, 0.15) is 11.8 Å². The molecule has 0 aromatic carbocycles. The first-order chi connectivity index (χ1) is 14.1. The van der Waals surface area contributed by atoms with E-state index >= 15 is 0 Å². The summed E-state index contributed by atoms with van der Waals surface area (Å²) in [6.45, 7) is 6.55. The Bertz CT molecular complexity index is 792. The van der Waals surface area contributed by atoms with E-state index in [1.54, 1.807) is 6.92 Å². The number of carbonyl (C=O) groups excluding carboxylic acids is 2. The fraction of sp³-hybridized carbons (Fsp3) is 0.792. The van der Waals surface area contributed by atoms with Crippen molar-refractivity contribution in [1.82, 2.24) is 5.32 Å². The van der Waals surface area contributed by atoms with Crippen molar-refractivity contribution in [3.8, 4) is 0 Å². The number of rotatable bonds is 5. The zero-order chi connectivity index (χ0) is 21.8. The monoisotopic (exact) mass is 416 g/mol. The number of nitrogens with two attached hydrogens (primary N) is 1. The van der Waals surface area contributed by atoms with Crippen molar-refractivity contribution in [2.24, 2.45) is 40.2 Å². The van der Waals surface area contributed by atoms with E-state index in [1.165, 1.54) is 5.57 Å². The fourth-order valence-electron chi connectivity index (χ4n) is 7.98. The lowest BCUT2D eigenvalue weighted by Crippen LogP contribution is -2.61. The second-order valence-electron chi connectivity index (χ2n) is 10.8. The van der Waals surface area contributed by atoms with Crippen LogP contribution in [0.4, 0.5) is 0 Å². The molecule has 8 atom stereocenters. The number of ketones is 2. The quantitative estimate of drug-likeness (QED) is 0.636. The maximum atomic E-state index is 12.5. The Morgan fingerprint density at radius 3 is 2.67 bits per heavy atom. The van der Waals surface area contributed by atoms with Crippen LogP contribution < -0.4 is 11.1 Å². The van der Waals surface area contributed by atoms with Crippen LogP contribution in [0.1, 0.15) is 65.7 Å². The predicted octanol–water partition coefficient (Wildman–Crippen LogP) is 2.70. The molecule has 4 aliphatic rings. The zero-order valence-corrected chi connectivity index (χ0v) is 18.4. The van der Waals surface area contributed by atoms with Gasteiger partial charge in [0.25, 0.3) is 0 Å². The van der Waals surface area contributed by atoms with Gasteiger partial charge in [-0.05, 0) is 80.1 Å². The minimum atomic E-state index is -1.000. The number of aliphatic carboxylic acids is 1. The summed E-state index contributed by atoms with van der Waals surface area (Å²) >= 11 is 0. The van der Waals surface area contributed by atoms with Gasteiger partial charge in [-0.25, -0.2) is 0 Å². The van der Waals surface area contributed by atoms with E-state index in [-0.39, 0.29) is 40.9 Å². The maximum Gasteiger partial charge on any atom is 0.321 e. The summed E-state index contributed by atoms with van der Waals surface area (Å²) in [6.07, 6.45) is 8.27. The molecule has 0 saturated heterocycles. The first-order valence-electron chi connectivity index (χ1n) is 11.5. The van der Waals surface area contributed by atoms with Crippen molar-refractivity contribution in [2.75, 3.05) is 6.54 Å². The van der Waals surface area contributed by atoms with Crippen LogP contribution in [0.3, 0.4) is 0 Å². The summed E-state index contributed by atoms with van der Waals surface area (Å²) in [5.74, 6) is 0.941. The van der Waals surface area contributed by atoms with Gasteiger partial charge in [0.2, 0.25) is 0 Å². The Kier molecular flexibility index (Phi) is 5.46. The highest BCUT2D eigenvalue weighted by Gasteiger charge is 2.62. The largest absolute Gasteiger partial charge is 0.480 e. The van der Waals surface area contributed by atoms with Crippen LogP contribution in [0.5, 0.6) is 0 Å².